The van der Waals surface area contributed by atoms with E-state index in [1.54, 1.807) is 6.07 Å². The van der Waals surface area contributed by atoms with E-state index in [0.717, 1.165) is 23.3 Å². The van der Waals surface area contributed by atoms with Crippen molar-refractivity contribution in [3.05, 3.63) is 70.8 Å². The minimum atomic E-state index is -5.88. The van der Waals surface area contributed by atoms with Gasteiger partial charge in [0.05, 0.1) is 6.04 Å². The Labute approximate surface area is 139 Å². The van der Waals surface area contributed by atoms with Crippen LogP contribution >= 0.6 is 0 Å². The van der Waals surface area contributed by atoms with Crippen LogP contribution in [0, 0.1) is 0 Å². The molecule has 0 spiro atoms. The van der Waals surface area contributed by atoms with Crippen molar-refractivity contribution in [2.45, 2.75) is 30.5 Å². The molecule has 8 heteroatoms. The van der Waals surface area contributed by atoms with Crippen LogP contribution < -0.4 is 5.32 Å². The van der Waals surface area contributed by atoms with Gasteiger partial charge in [0.25, 0.3) is 5.60 Å². The van der Waals surface area contributed by atoms with Crippen molar-refractivity contribution < 1.29 is 31.4 Å². The minimum Gasteiger partial charge on any atom is -0.369 e. The zero-order valence-electron chi connectivity index (χ0n) is 12.6. The molecule has 25 heavy (non-hydrogen) atoms. The molecule has 1 heterocycles. The van der Waals surface area contributed by atoms with Crippen molar-refractivity contribution in [2.75, 3.05) is 0 Å². The normalized spacial score (nSPS) is 18.3. The Balaban J connectivity index is 1.98. The lowest BCUT2D eigenvalue weighted by Crippen LogP contribution is -2.53. The molecule has 1 unspecified atom stereocenters. The van der Waals surface area contributed by atoms with Gasteiger partial charge in [0.1, 0.15) is 0 Å². The predicted molar refractivity (Wildman–Crippen MR) is 77.6 cm³/mol. The van der Waals surface area contributed by atoms with Crippen LogP contribution in [0.5, 0.6) is 0 Å². The van der Waals surface area contributed by atoms with Crippen LogP contribution in [0.3, 0.4) is 0 Å². The largest absolute Gasteiger partial charge is 0.430 e. The topological polar surface area (TPSA) is 32.3 Å². The van der Waals surface area contributed by atoms with Crippen molar-refractivity contribution in [2.24, 2.45) is 0 Å². The van der Waals surface area contributed by atoms with Crippen LogP contribution in [-0.4, -0.2) is 17.5 Å². The summed E-state index contributed by atoms with van der Waals surface area (Å²) in [6.45, 7) is 0.553. The zero-order chi connectivity index (χ0) is 18.5. The van der Waals surface area contributed by atoms with E-state index in [4.69, 9.17) is 0 Å². The Morgan fingerprint density at radius 1 is 0.840 bits per heavy atom. The highest BCUT2D eigenvalue weighted by Crippen LogP contribution is 2.50. The van der Waals surface area contributed by atoms with Crippen LogP contribution in [0.15, 0.2) is 48.5 Å². The summed E-state index contributed by atoms with van der Waals surface area (Å²) in [5.74, 6) is 0. The summed E-state index contributed by atoms with van der Waals surface area (Å²) in [5.41, 5.74) is -3.72. The lowest BCUT2D eigenvalue weighted by atomic mass is 9.90. The average molecular weight is 361 g/mol. The first kappa shape index (κ1) is 17.8. The molecule has 0 fully saturated rings. The second kappa shape index (κ2) is 5.74. The van der Waals surface area contributed by atoms with E-state index in [0.29, 0.717) is 24.2 Å². The van der Waals surface area contributed by atoms with Gasteiger partial charge in [-0.1, -0.05) is 48.5 Å². The van der Waals surface area contributed by atoms with Gasteiger partial charge >= 0.3 is 12.4 Å². The van der Waals surface area contributed by atoms with Crippen molar-refractivity contribution >= 4 is 0 Å². The lowest BCUT2D eigenvalue weighted by molar-refractivity contribution is -0.376. The molecule has 0 amide bonds. The van der Waals surface area contributed by atoms with Gasteiger partial charge in [-0.3, -0.25) is 0 Å². The quantitative estimate of drug-likeness (QED) is 0.786. The summed E-state index contributed by atoms with van der Waals surface area (Å²) in [7, 11) is 0. The van der Waals surface area contributed by atoms with Gasteiger partial charge in [-0.25, -0.2) is 0 Å². The first-order chi connectivity index (χ1) is 11.6. The number of rotatable bonds is 2. The van der Waals surface area contributed by atoms with Crippen LogP contribution in [0.1, 0.15) is 28.3 Å². The monoisotopic (exact) mass is 361 g/mol. The molecule has 0 saturated carbocycles. The minimum absolute atomic E-state index is 0.324. The molecule has 2 aromatic carbocycles. The maximum absolute atomic E-state index is 12.9. The first-order valence-corrected chi connectivity index (χ1v) is 7.33. The molecule has 0 bridgehead atoms. The molecule has 134 valence electrons. The van der Waals surface area contributed by atoms with Crippen LogP contribution in [-0.2, 0) is 12.1 Å². The second-order valence-corrected chi connectivity index (χ2v) is 5.84. The Hall–Kier alpha value is -2.06. The maximum atomic E-state index is 12.9. The third-order valence-electron chi connectivity index (χ3n) is 4.35. The number of halogens is 6. The van der Waals surface area contributed by atoms with Gasteiger partial charge in [-0.05, 0) is 16.7 Å². The number of hydrogen-bond donors (Lipinski definition) is 2. The van der Waals surface area contributed by atoms with E-state index >= 15 is 0 Å². The van der Waals surface area contributed by atoms with Crippen LogP contribution in [0.25, 0.3) is 0 Å². The standard InChI is InChI=1S/C17H13F6NO/c18-16(19,20)15(25,17(21,22)23)12-7-5-10(6-8-12)14-13-4-2-1-3-11(13)9-24-14/h1-8,14,24-25H,9H2. The molecule has 1 atom stereocenters. The fourth-order valence-electron chi connectivity index (χ4n) is 3.00. The Morgan fingerprint density at radius 3 is 1.96 bits per heavy atom. The van der Waals surface area contributed by atoms with Crippen molar-refractivity contribution in [3.8, 4) is 0 Å². The van der Waals surface area contributed by atoms with Gasteiger partial charge in [-0.2, -0.15) is 26.3 Å². The average Bonchev–Trinajstić information content (AvgIpc) is 2.96. The highest BCUT2D eigenvalue weighted by molar-refractivity contribution is 5.42. The van der Waals surface area contributed by atoms with Crippen molar-refractivity contribution in [3.63, 3.8) is 0 Å². The number of nitrogens with one attached hydrogen (secondary N) is 1. The van der Waals surface area contributed by atoms with E-state index in [2.05, 4.69) is 5.32 Å². The van der Waals surface area contributed by atoms with Gasteiger partial charge in [0.2, 0.25) is 0 Å². The SMILES string of the molecule is OC(c1ccc(C2NCc3ccccc32)cc1)(C(F)(F)F)C(F)(F)F. The molecule has 0 aromatic heterocycles. The fourth-order valence-corrected chi connectivity index (χ4v) is 3.00. The summed E-state index contributed by atoms with van der Waals surface area (Å²) in [6.07, 6.45) is -11.8. The third-order valence-corrected chi connectivity index (χ3v) is 4.35. The molecule has 2 N–H and O–H groups in total. The number of benzene rings is 2. The lowest BCUT2D eigenvalue weighted by Gasteiger charge is -2.32. The molecule has 1 aliphatic rings. The third kappa shape index (κ3) is 2.79. The number of fused-ring (bicyclic) bond motifs is 1. The van der Waals surface area contributed by atoms with E-state index < -0.39 is 23.5 Å². The molecular weight excluding hydrogens is 348 g/mol. The highest BCUT2D eigenvalue weighted by atomic mass is 19.4. The van der Waals surface area contributed by atoms with Crippen LogP contribution in [0.2, 0.25) is 0 Å². The van der Waals surface area contributed by atoms with Gasteiger partial charge in [0, 0.05) is 12.1 Å². The predicted octanol–water partition coefficient (Wildman–Crippen LogP) is 4.19. The fraction of sp³-hybridized carbons (Fsp3) is 0.294. The second-order valence-electron chi connectivity index (χ2n) is 5.84. The first-order valence-electron chi connectivity index (χ1n) is 7.33. The summed E-state index contributed by atoms with van der Waals surface area (Å²) in [6, 6.07) is 10.7. The van der Waals surface area contributed by atoms with Gasteiger partial charge in [-0.15, -0.1) is 0 Å². The molecule has 2 nitrogen and oxygen atoms in total. The van der Waals surface area contributed by atoms with E-state index in [-0.39, 0.29) is 6.04 Å². The van der Waals surface area contributed by atoms with Crippen LogP contribution in [0.4, 0.5) is 26.3 Å². The van der Waals surface area contributed by atoms with E-state index in [1.165, 1.54) is 0 Å². The van der Waals surface area contributed by atoms with E-state index in [1.807, 2.05) is 18.2 Å². The molecule has 2 aromatic rings. The molecule has 1 aliphatic heterocycles. The molecule has 0 saturated heterocycles. The Bertz CT molecular complexity index is 752. The summed E-state index contributed by atoms with van der Waals surface area (Å²) in [5, 5.41) is 12.6. The molecular formula is C17H13F6NO. The molecule has 0 aliphatic carbocycles. The van der Waals surface area contributed by atoms with Crippen molar-refractivity contribution in [1.29, 1.82) is 0 Å². The zero-order valence-corrected chi connectivity index (χ0v) is 12.6. The Morgan fingerprint density at radius 2 is 1.40 bits per heavy atom. The summed E-state index contributed by atoms with van der Waals surface area (Å²) >= 11 is 0. The summed E-state index contributed by atoms with van der Waals surface area (Å²) < 4.78 is 77.4. The van der Waals surface area contributed by atoms with Gasteiger partial charge in [0.15, 0.2) is 0 Å². The Kier molecular flexibility index (Phi) is 4.08. The highest BCUT2D eigenvalue weighted by Gasteiger charge is 2.71. The number of alkyl halides is 6. The smallest absolute Gasteiger partial charge is 0.369 e. The van der Waals surface area contributed by atoms with Gasteiger partial charge < -0.3 is 10.4 Å². The maximum Gasteiger partial charge on any atom is 0.430 e. The molecule has 0 radical (unpaired) electrons. The van der Waals surface area contributed by atoms with Crippen molar-refractivity contribution in [1.82, 2.24) is 5.32 Å². The van der Waals surface area contributed by atoms with E-state index in [9.17, 15) is 31.4 Å². The number of aliphatic hydroxyl groups is 1. The summed E-state index contributed by atoms with van der Waals surface area (Å²) in [4.78, 5) is 0. The molecule has 3 rings (SSSR count). The number of hydrogen-bond acceptors (Lipinski definition) is 2.